The van der Waals surface area contributed by atoms with Gasteiger partial charge in [-0.2, -0.15) is 0 Å². The van der Waals surface area contributed by atoms with Crippen LogP contribution < -0.4 is 0 Å². The summed E-state index contributed by atoms with van der Waals surface area (Å²) in [7, 11) is 0. The quantitative estimate of drug-likeness (QED) is 0.308. The van der Waals surface area contributed by atoms with Gasteiger partial charge in [0.1, 0.15) is 17.8 Å². The fourth-order valence-electron chi connectivity index (χ4n) is 8.50. The van der Waals surface area contributed by atoms with Crippen molar-refractivity contribution < 1.29 is 42.9 Å². The van der Waals surface area contributed by atoms with Crippen molar-refractivity contribution in [2.75, 3.05) is 0 Å². The summed E-state index contributed by atoms with van der Waals surface area (Å²) < 4.78 is 23.2. The molecule has 0 bridgehead atoms. The van der Waals surface area contributed by atoms with Crippen LogP contribution in [0.4, 0.5) is 0 Å². The molecule has 9 nitrogen and oxygen atoms in total. The summed E-state index contributed by atoms with van der Waals surface area (Å²) in [6, 6.07) is 0. The van der Waals surface area contributed by atoms with Crippen LogP contribution in [0.3, 0.4) is 0 Å². The molecule has 37 heavy (non-hydrogen) atoms. The van der Waals surface area contributed by atoms with E-state index in [1.165, 1.54) is 13.8 Å². The summed E-state index contributed by atoms with van der Waals surface area (Å²) in [6.07, 6.45) is -2.21. The zero-order chi connectivity index (χ0) is 27.9. The summed E-state index contributed by atoms with van der Waals surface area (Å²) in [5, 5.41) is 0. The third kappa shape index (κ3) is 3.67. The van der Waals surface area contributed by atoms with Crippen LogP contribution in [0.5, 0.6) is 0 Å². The first kappa shape index (κ1) is 27.3. The van der Waals surface area contributed by atoms with Crippen LogP contribution in [0.1, 0.15) is 74.7 Å². The van der Waals surface area contributed by atoms with Crippen molar-refractivity contribution in [1.82, 2.24) is 0 Å². The Balaban J connectivity index is 2.01. The molecular formula is C28H38O9. The number of fused-ring (bicyclic) bond motifs is 5. The number of allylic oxidation sites excluding steroid dienone is 1. The second-order valence-electron chi connectivity index (χ2n) is 12.4. The zero-order valence-electron chi connectivity index (χ0n) is 23.0. The summed E-state index contributed by atoms with van der Waals surface area (Å²) in [4.78, 5) is 64.8. The van der Waals surface area contributed by atoms with E-state index in [0.717, 1.165) is 0 Å². The molecule has 0 aromatic rings. The van der Waals surface area contributed by atoms with E-state index in [-0.39, 0.29) is 18.6 Å². The normalized spacial score (nSPS) is 44.8. The van der Waals surface area contributed by atoms with Crippen molar-refractivity contribution in [2.45, 2.75) is 98.6 Å². The Hall–Kier alpha value is -2.71. The summed E-state index contributed by atoms with van der Waals surface area (Å²) in [5.74, 6) is -4.23. The van der Waals surface area contributed by atoms with E-state index in [1.54, 1.807) is 27.7 Å². The average molecular weight is 519 g/mol. The molecule has 2 aliphatic heterocycles. The van der Waals surface area contributed by atoms with E-state index in [0.29, 0.717) is 12.0 Å². The van der Waals surface area contributed by atoms with Crippen molar-refractivity contribution in [1.29, 1.82) is 0 Å². The molecule has 204 valence electrons. The number of Topliss-reactive ketones (excluding diaryl/α,β-unsaturated/α-hetero) is 1. The van der Waals surface area contributed by atoms with Crippen LogP contribution >= 0.6 is 0 Å². The van der Waals surface area contributed by atoms with Gasteiger partial charge in [0.2, 0.25) is 0 Å². The Bertz CT molecular complexity index is 1090. The van der Waals surface area contributed by atoms with E-state index in [9.17, 15) is 24.0 Å². The maximum atomic E-state index is 13.7. The second kappa shape index (κ2) is 8.40. The molecule has 0 radical (unpaired) electrons. The highest BCUT2D eigenvalue weighted by atomic mass is 16.6. The Morgan fingerprint density at radius 2 is 1.46 bits per heavy atom. The second-order valence-corrected chi connectivity index (χ2v) is 12.4. The minimum atomic E-state index is -1.23. The van der Waals surface area contributed by atoms with Crippen molar-refractivity contribution in [3.05, 3.63) is 12.2 Å². The molecule has 4 fully saturated rings. The van der Waals surface area contributed by atoms with Crippen LogP contribution in [0, 0.1) is 34.0 Å². The number of esters is 4. The largest absolute Gasteiger partial charge is 0.462 e. The minimum Gasteiger partial charge on any atom is -0.462 e. The Labute approximate surface area is 217 Å². The lowest BCUT2D eigenvalue weighted by Gasteiger charge is -2.68. The molecule has 2 saturated carbocycles. The third-order valence-corrected chi connectivity index (χ3v) is 10.1. The highest BCUT2D eigenvalue weighted by molar-refractivity contribution is 6.00. The van der Waals surface area contributed by atoms with Crippen molar-refractivity contribution in [3.63, 3.8) is 0 Å². The standard InChI is InChI=1S/C28H38O9/c1-13-10-18-27(8)17(25(5,6)37-21(31)12-20(27)36-16(4)30)11-19(35-15(3)29)28(18,9)22-24(33)34-14(2)23(32)26(13,22)7/h14,17-20,22H,1,10-12H2,2-9H3/t14-,17-,18+,19-,20+,22+,26+,27+,28+/m0/s1. The van der Waals surface area contributed by atoms with Gasteiger partial charge < -0.3 is 18.9 Å². The van der Waals surface area contributed by atoms with Gasteiger partial charge in [0, 0.05) is 30.6 Å². The SMILES string of the molecule is C=C1C[C@H]2[C@](C)([C@@H](OC(C)=O)C[C@H]3C(C)(C)OC(=O)C[C@@H](OC(C)=O)[C@@]23C)[C@@H]2C(=O)O[C@@H](C)C(=O)[C@]12C. The lowest BCUT2D eigenvalue weighted by molar-refractivity contribution is -0.257. The lowest BCUT2D eigenvalue weighted by atomic mass is 9.36. The first-order valence-electron chi connectivity index (χ1n) is 12.9. The van der Waals surface area contributed by atoms with Crippen molar-refractivity contribution >= 4 is 29.7 Å². The van der Waals surface area contributed by atoms with Gasteiger partial charge in [0.05, 0.1) is 17.8 Å². The van der Waals surface area contributed by atoms with Crippen LogP contribution in [0.2, 0.25) is 0 Å². The maximum Gasteiger partial charge on any atom is 0.311 e. The van der Waals surface area contributed by atoms with Gasteiger partial charge in [-0.1, -0.05) is 26.0 Å². The molecule has 2 saturated heterocycles. The first-order valence-corrected chi connectivity index (χ1v) is 12.9. The third-order valence-electron chi connectivity index (χ3n) is 10.1. The van der Waals surface area contributed by atoms with Crippen molar-refractivity contribution in [2.24, 2.45) is 34.0 Å². The van der Waals surface area contributed by atoms with Crippen LogP contribution in [0.15, 0.2) is 12.2 Å². The van der Waals surface area contributed by atoms with Gasteiger partial charge in [-0.05, 0) is 46.5 Å². The molecule has 9 atom stereocenters. The van der Waals surface area contributed by atoms with Gasteiger partial charge in [0.25, 0.3) is 0 Å². The number of carbonyl (C=O) groups excluding carboxylic acids is 5. The maximum absolute atomic E-state index is 13.7. The van der Waals surface area contributed by atoms with Gasteiger partial charge in [0.15, 0.2) is 11.9 Å². The summed E-state index contributed by atoms with van der Waals surface area (Å²) >= 11 is 0. The highest BCUT2D eigenvalue weighted by Gasteiger charge is 2.75. The van der Waals surface area contributed by atoms with Gasteiger partial charge in [-0.15, -0.1) is 0 Å². The number of carbonyl (C=O) groups is 5. The Morgan fingerprint density at radius 3 is 2.03 bits per heavy atom. The first-order chi connectivity index (χ1) is 16.9. The van der Waals surface area contributed by atoms with Crippen LogP contribution in [-0.4, -0.2) is 53.6 Å². The predicted molar refractivity (Wildman–Crippen MR) is 130 cm³/mol. The number of hydrogen-bond acceptors (Lipinski definition) is 9. The molecule has 0 N–H and O–H groups in total. The van der Waals surface area contributed by atoms with E-state index in [1.807, 2.05) is 13.8 Å². The number of hydrogen-bond donors (Lipinski definition) is 0. The van der Waals surface area contributed by atoms with Gasteiger partial charge in [-0.25, -0.2) is 0 Å². The molecule has 0 aromatic heterocycles. The van der Waals surface area contributed by atoms with Crippen LogP contribution in [0.25, 0.3) is 0 Å². The van der Waals surface area contributed by atoms with E-state index >= 15 is 0 Å². The molecule has 0 spiro atoms. The predicted octanol–water partition coefficient (Wildman–Crippen LogP) is 3.32. The summed E-state index contributed by atoms with van der Waals surface area (Å²) in [5.41, 5.74) is -3.65. The molecule has 0 aromatic carbocycles. The van der Waals surface area contributed by atoms with E-state index < -0.39 is 81.8 Å². The molecule has 9 heteroatoms. The van der Waals surface area contributed by atoms with Crippen molar-refractivity contribution in [3.8, 4) is 0 Å². The number of cyclic esters (lactones) is 2. The molecule has 4 aliphatic rings. The molecule has 0 unspecified atom stereocenters. The van der Waals surface area contributed by atoms with E-state index in [2.05, 4.69) is 6.58 Å². The lowest BCUT2D eigenvalue weighted by Crippen LogP contribution is -2.72. The highest BCUT2D eigenvalue weighted by Crippen LogP contribution is 2.71. The fraction of sp³-hybridized carbons (Fsp3) is 0.750. The van der Waals surface area contributed by atoms with Gasteiger partial charge in [-0.3, -0.25) is 24.0 Å². The topological polar surface area (TPSA) is 122 Å². The average Bonchev–Trinajstić information content (AvgIpc) is 2.80. The molecule has 2 aliphatic carbocycles. The minimum absolute atomic E-state index is 0.157. The Morgan fingerprint density at radius 1 is 0.892 bits per heavy atom. The molecule has 2 heterocycles. The summed E-state index contributed by atoms with van der Waals surface area (Å²) in [6.45, 7) is 17.6. The van der Waals surface area contributed by atoms with E-state index in [4.69, 9.17) is 18.9 Å². The number of ether oxygens (including phenoxy) is 4. The fourth-order valence-corrected chi connectivity index (χ4v) is 8.50. The molecule has 4 rings (SSSR count). The van der Waals surface area contributed by atoms with Gasteiger partial charge >= 0.3 is 23.9 Å². The Kier molecular flexibility index (Phi) is 6.20. The zero-order valence-corrected chi connectivity index (χ0v) is 23.0. The monoisotopic (exact) mass is 518 g/mol. The molecule has 0 amide bonds. The van der Waals surface area contributed by atoms with Crippen LogP contribution in [-0.2, 0) is 42.9 Å². The molecular weight excluding hydrogens is 480 g/mol. The number of rotatable bonds is 2. The smallest absolute Gasteiger partial charge is 0.311 e. The number of ketones is 1.